The van der Waals surface area contributed by atoms with Crippen LogP contribution in [0.2, 0.25) is 0 Å². The minimum Gasteiger partial charge on any atom is -0.493 e. The van der Waals surface area contributed by atoms with E-state index in [2.05, 4.69) is 4.98 Å². The van der Waals surface area contributed by atoms with E-state index in [-0.39, 0.29) is 0 Å². The maximum atomic E-state index is 5.88. The van der Waals surface area contributed by atoms with Crippen molar-refractivity contribution >= 4 is 0 Å². The largest absolute Gasteiger partial charge is 0.493 e. The third kappa shape index (κ3) is 2.74. The van der Waals surface area contributed by atoms with E-state index in [1.807, 2.05) is 54.6 Å². The number of nitrogens with zero attached hydrogens (tertiary/aromatic N) is 1. The number of methoxy groups -OCH3 is 1. The summed E-state index contributed by atoms with van der Waals surface area (Å²) in [5.41, 5.74) is 0.919. The number of benzene rings is 2. The lowest BCUT2D eigenvalue weighted by Gasteiger charge is -2.08. The van der Waals surface area contributed by atoms with Crippen molar-refractivity contribution < 1.29 is 13.9 Å². The molecule has 3 aromatic rings. The van der Waals surface area contributed by atoms with Gasteiger partial charge in [0, 0.05) is 12.5 Å². The summed E-state index contributed by atoms with van der Waals surface area (Å²) in [6.07, 6.45) is 0. The van der Waals surface area contributed by atoms with Crippen LogP contribution in [0.5, 0.6) is 17.4 Å². The molecular formula is C17H15NO3. The fourth-order valence-corrected chi connectivity index (χ4v) is 2.06. The minimum absolute atomic E-state index is 0.434. The van der Waals surface area contributed by atoms with Crippen LogP contribution in [0.25, 0.3) is 11.3 Å². The molecule has 0 saturated carbocycles. The number of para-hydroxylation sites is 2. The second-order valence-corrected chi connectivity index (χ2v) is 4.49. The smallest absolute Gasteiger partial charge is 0.267 e. The molecule has 0 atom stereocenters. The summed E-state index contributed by atoms with van der Waals surface area (Å²) < 4.78 is 16.8. The third-order valence-electron chi connectivity index (χ3n) is 3.01. The molecule has 3 rings (SSSR count). The normalized spacial score (nSPS) is 10.4. The lowest BCUT2D eigenvalue weighted by atomic mass is 10.2. The molecule has 2 aromatic carbocycles. The van der Waals surface area contributed by atoms with Crippen LogP contribution >= 0.6 is 0 Å². The summed E-state index contributed by atoms with van der Waals surface area (Å²) in [7, 11) is 1.61. The maximum absolute atomic E-state index is 5.88. The fraction of sp³-hybridized carbons (Fsp3) is 0.118. The van der Waals surface area contributed by atoms with Gasteiger partial charge in [0.2, 0.25) is 0 Å². The molecule has 1 heterocycles. The van der Waals surface area contributed by atoms with Crippen molar-refractivity contribution in [3.63, 3.8) is 0 Å². The van der Waals surface area contributed by atoms with Crippen molar-refractivity contribution in [3.05, 3.63) is 60.5 Å². The SMILES string of the molecule is COc1ccccc1Oc1nc(C)oc1-c1ccccc1. The molecule has 0 saturated heterocycles. The van der Waals surface area contributed by atoms with E-state index in [1.54, 1.807) is 14.0 Å². The van der Waals surface area contributed by atoms with Crippen LogP contribution in [0.15, 0.2) is 59.0 Å². The number of rotatable bonds is 4. The lowest BCUT2D eigenvalue weighted by molar-refractivity contribution is 0.374. The van der Waals surface area contributed by atoms with Crippen molar-refractivity contribution in [2.45, 2.75) is 6.92 Å². The van der Waals surface area contributed by atoms with Crippen molar-refractivity contribution in [2.75, 3.05) is 7.11 Å². The highest BCUT2D eigenvalue weighted by Gasteiger charge is 2.16. The zero-order valence-corrected chi connectivity index (χ0v) is 11.9. The van der Waals surface area contributed by atoms with Gasteiger partial charge in [0.25, 0.3) is 5.88 Å². The Bertz CT molecular complexity index is 735. The molecule has 106 valence electrons. The molecule has 0 amide bonds. The van der Waals surface area contributed by atoms with Crippen LogP contribution in [-0.4, -0.2) is 12.1 Å². The van der Waals surface area contributed by atoms with E-state index in [1.165, 1.54) is 0 Å². The number of ether oxygens (including phenoxy) is 2. The van der Waals surface area contributed by atoms with Crippen molar-refractivity contribution in [1.82, 2.24) is 4.98 Å². The Hall–Kier alpha value is -2.75. The van der Waals surface area contributed by atoms with Gasteiger partial charge in [-0.05, 0) is 12.1 Å². The standard InChI is InChI=1S/C17H15NO3/c1-12-18-17(16(20-12)13-8-4-3-5-9-13)21-15-11-7-6-10-14(15)19-2/h3-11H,1-2H3. The Morgan fingerprint density at radius 2 is 1.57 bits per heavy atom. The van der Waals surface area contributed by atoms with Gasteiger partial charge in [-0.25, -0.2) is 0 Å². The quantitative estimate of drug-likeness (QED) is 0.708. The van der Waals surface area contributed by atoms with E-state index in [0.717, 1.165) is 5.56 Å². The molecular weight excluding hydrogens is 266 g/mol. The summed E-state index contributed by atoms with van der Waals surface area (Å²) >= 11 is 0. The van der Waals surface area contributed by atoms with Gasteiger partial charge in [-0.15, -0.1) is 0 Å². The Kier molecular flexibility index (Phi) is 3.60. The lowest BCUT2D eigenvalue weighted by Crippen LogP contribution is -1.91. The first-order valence-electron chi connectivity index (χ1n) is 6.61. The molecule has 0 aliphatic rings. The van der Waals surface area contributed by atoms with E-state index >= 15 is 0 Å². The Labute approximate surface area is 123 Å². The molecule has 0 aliphatic carbocycles. The van der Waals surface area contributed by atoms with Gasteiger partial charge in [-0.1, -0.05) is 42.5 Å². The summed E-state index contributed by atoms with van der Waals surface area (Å²) in [6.45, 7) is 1.79. The number of aromatic nitrogens is 1. The van der Waals surface area contributed by atoms with Crippen LogP contribution in [0.1, 0.15) is 5.89 Å². The van der Waals surface area contributed by atoms with Crippen molar-refractivity contribution in [2.24, 2.45) is 0 Å². The van der Waals surface area contributed by atoms with Gasteiger partial charge < -0.3 is 13.9 Å². The van der Waals surface area contributed by atoms with Gasteiger partial charge in [0.05, 0.1) is 7.11 Å². The van der Waals surface area contributed by atoms with Gasteiger partial charge in [0.15, 0.2) is 23.1 Å². The number of aryl methyl sites for hydroxylation is 1. The average Bonchev–Trinajstić information content (AvgIpc) is 2.89. The molecule has 1 aromatic heterocycles. The van der Waals surface area contributed by atoms with Gasteiger partial charge >= 0.3 is 0 Å². The molecule has 0 aliphatic heterocycles. The first kappa shape index (κ1) is 13.2. The van der Waals surface area contributed by atoms with E-state index in [9.17, 15) is 0 Å². The zero-order chi connectivity index (χ0) is 14.7. The first-order valence-corrected chi connectivity index (χ1v) is 6.61. The highest BCUT2D eigenvalue weighted by atomic mass is 16.5. The maximum Gasteiger partial charge on any atom is 0.267 e. The second kappa shape index (κ2) is 5.71. The van der Waals surface area contributed by atoms with Crippen molar-refractivity contribution in [1.29, 1.82) is 0 Å². The zero-order valence-electron chi connectivity index (χ0n) is 11.9. The third-order valence-corrected chi connectivity index (χ3v) is 3.01. The van der Waals surface area contributed by atoms with Crippen LogP contribution in [-0.2, 0) is 0 Å². The van der Waals surface area contributed by atoms with E-state index < -0.39 is 0 Å². The molecule has 0 spiro atoms. The molecule has 21 heavy (non-hydrogen) atoms. The van der Waals surface area contributed by atoms with Crippen molar-refractivity contribution in [3.8, 4) is 28.7 Å². The summed E-state index contributed by atoms with van der Waals surface area (Å²) in [6, 6.07) is 17.2. The minimum atomic E-state index is 0.434. The Morgan fingerprint density at radius 3 is 2.29 bits per heavy atom. The van der Waals surface area contributed by atoms with Gasteiger partial charge in [-0.2, -0.15) is 4.98 Å². The van der Waals surface area contributed by atoms with Gasteiger partial charge in [0.1, 0.15) is 0 Å². The number of oxazole rings is 1. The number of hydrogen-bond donors (Lipinski definition) is 0. The van der Waals surface area contributed by atoms with Crippen LogP contribution in [0.3, 0.4) is 0 Å². The van der Waals surface area contributed by atoms with Gasteiger partial charge in [-0.3, -0.25) is 0 Å². The molecule has 0 N–H and O–H groups in total. The first-order chi connectivity index (χ1) is 10.3. The molecule has 0 fully saturated rings. The monoisotopic (exact) mass is 281 g/mol. The second-order valence-electron chi connectivity index (χ2n) is 4.49. The molecule has 0 bridgehead atoms. The van der Waals surface area contributed by atoms with Crippen LogP contribution in [0, 0.1) is 6.92 Å². The number of hydrogen-bond acceptors (Lipinski definition) is 4. The van der Waals surface area contributed by atoms with Crippen LogP contribution in [0.4, 0.5) is 0 Å². The van der Waals surface area contributed by atoms with E-state index in [4.69, 9.17) is 13.9 Å². The molecule has 0 radical (unpaired) electrons. The fourth-order valence-electron chi connectivity index (χ4n) is 2.06. The summed E-state index contributed by atoms with van der Waals surface area (Å²) in [5.74, 6) is 2.85. The highest BCUT2D eigenvalue weighted by Crippen LogP contribution is 2.36. The molecule has 4 nitrogen and oxygen atoms in total. The topological polar surface area (TPSA) is 44.5 Å². The predicted octanol–water partition coefficient (Wildman–Crippen LogP) is 4.45. The molecule has 0 unspecified atom stereocenters. The predicted molar refractivity (Wildman–Crippen MR) is 79.7 cm³/mol. The Morgan fingerprint density at radius 1 is 0.905 bits per heavy atom. The Balaban J connectivity index is 2.00. The average molecular weight is 281 g/mol. The summed E-state index contributed by atoms with van der Waals surface area (Å²) in [5, 5.41) is 0. The van der Waals surface area contributed by atoms with E-state index in [0.29, 0.717) is 29.0 Å². The highest BCUT2D eigenvalue weighted by molar-refractivity contribution is 5.63. The summed E-state index contributed by atoms with van der Waals surface area (Å²) in [4.78, 5) is 4.31. The van der Waals surface area contributed by atoms with Crippen LogP contribution < -0.4 is 9.47 Å². The molecule has 4 heteroatoms.